The molecule has 0 aromatic carbocycles. The summed E-state index contributed by atoms with van der Waals surface area (Å²) in [6.07, 6.45) is 9.21. The van der Waals surface area contributed by atoms with Crippen LogP contribution in [0, 0.1) is 34.5 Å². The number of rotatable bonds is 5. The molecule has 38 heavy (non-hydrogen) atoms. The fraction of sp³-hybridized carbons (Fsp3) is 0.867. The zero-order chi connectivity index (χ0) is 26.9. The molecule has 4 saturated carbocycles. The summed E-state index contributed by atoms with van der Waals surface area (Å²) >= 11 is 0. The number of fused-ring (bicyclic) bond motifs is 5. The third-order valence-corrected chi connectivity index (χ3v) is 12.0. The summed E-state index contributed by atoms with van der Waals surface area (Å²) in [5.74, 6) is 0.384. The number of methoxy groups -OCH3 is 1. The molecule has 0 amide bonds. The van der Waals surface area contributed by atoms with Crippen LogP contribution in [0.5, 0.6) is 0 Å². The van der Waals surface area contributed by atoms with E-state index >= 15 is 0 Å². The molecule has 2 heterocycles. The predicted molar refractivity (Wildman–Crippen MR) is 137 cm³/mol. The van der Waals surface area contributed by atoms with E-state index in [0.29, 0.717) is 13.0 Å². The minimum atomic E-state index is -0.830. The van der Waals surface area contributed by atoms with Crippen molar-refractivity contribution < 1.29 is 38.7 Å². The van der Waals surface area contributed by atoms with E-state index in [0.717, 1.165) is 63.4 Å². The second-order valence-corrected chi connectivity index (χ2v) is 13.3. The summed E-state index contributed by atoms with van der Waals surface area (Å²) in [6.45, 7) is 4.40. The molecule has 0 bridgehead atoms. The fourth-order valence-corrected chi connectivity index (χ4v) is 9.96. The number of carbonyl (C=O) groups excluding carboxylic acids is 2. The Balaban J connectivity index is 1.18. The van der Waals surface area contributed by atoms with E-state index in [1.54, 1.807) is 13.2 Å². The molecule has 212 valence electrons. The standard InChI is InChI=1S/C30H44O8/c1-17-27(33)24(35-3)14-26(37-17)38-20-6-10-29(16-31)19(13-20)4-5-23-22(29)7-9-28(2)21(8-11-30(23,28)34)18-12-25(32)36-15-18/h12,16-17,19-24,26-27,33-34H,4-11,13-15H2,1-3H3/t17-,19-,20+,21-,22+,23-,24+,26?,27-,28-,29-,30+/m1/s1. The lowest BCUT2D eigenvalue weighted by Gasteiger charge is -2.63. The molecule has 5 fully saturated rings. The Morgan fingerprint density at radius 1 is 1.08 bits per heavy atom. The average molecular weight is 533 g/mol. The van der Waals surface area contributed by atoms with E-state index in [4.69, 9.17) is 18.9 Å². The molecule has 0 radical (unpaired) electrons. The Morgan fingerprint density at radius 2 is 1.89 bits per heavy atom. The van der Waals surface area contributed by atoms with Crippen LogP contribution in [0.1, 0.15) is 78.1 Å². The molecule has 8 heteroatoms. The van der Waals surface area contributed by atoms with Gasteiger partial charge in [-0.1, -0.05) is 6.92 Å². The number of ether oxygens (including phenoxy) is 4. The van der Waals surface area contributed by atoms with Crippen LogP contribution in [0.2, 0.25) is 0 Å². The first-order valence-electron chi connectivity index (χ1n) is 14.7. The van der Waals surface area contributed by atoms with Crippen LogP contribution in [-0.2, 0) is 28.5 Å². The van der Waals surface area contributed by atoms with E-state index in [-0.39, 0.29) is 53.4 Å². The van der Waals surface area contributed by atoms with Gasteiger partial charge >= 0.3 is 5.97 Å². The molecular weight excluding hydrogens is 488 g/mol. The molecule has 2 N–H and O–H groups in total. The Bertz CT molecular complexity index is 981. The van der Waals surface area contributed by atoms with Crippen LogP contribution in [0.3, 0.4) is 0 Å². The maximum atomic E-state index is 13.0. The molecule has 0 aromatic heterocycles. The molecule has 2 aliphatic heterocycles. The van der Waals surface area contributed by atoms with Crippen molar-refractivity contribution in [1.29, 1.82) is 0 Å². The van der Waals surface area contributed by atoms with E-state index in [1.807, 2.05) is 6.92 Å². The Morgan fingerprint density at radius 3 is 2.61 bits per heavy atom. The van der Waals surface area contributed by atoms with Crippen molar-refractivity contribution in [2.24, 2.45) is 34.5 Å². The number of carbonyl (C=O) groups is 2. The molecule has 6 rings (SSSR count). The fourth-order valence-electron chi connectivity index (χ4n) is 9.96. The lowest BCUT2D eigenvalue weighted by molar-refractivity contribution is -0.272. The first-order valence-corrected chi connectivity index (χ1v) is 14.7. The third kappa shape index (κ3) is 3.88. The Labute approximate surface area is 225 Å². The number of aldehydes is 1. The summed E-state index contributed by atoms with van der Waals surface area (Å²) in [6, 6.07) is 0. The number of hydrogen-bond acceptors (Lipinski definition) is 8. The van der Waals surface area contributed by atoms with Gasteiger partial charge in [-0.3, -0.25) is 0 Å². The first-order chi connectivity index (χ1) is 18.1. The van der Waals surface area contributed by atoms with Gasteiger partial charge in [0.2, 0.25) is 0 Å². The Kier molecular flexibility index (Phi) is 6.83. The molecule has 1 unspecified atom stereocenters. The maximum Gasteiger partial charge on any atom is 0.331 e. The third-order valence-electron chi connectivity index (χ3n) is 12.0. The van der Waals surface area contributed by atoms with E-state index in [1.165, 1.54) is 6.29 Å². The van der Waals surface area contributed by atoms with Crippen molar-refractivity contribution in [3.8, 4) is 0 Å². The minimum absolute atomic E-state index is 0.00854. The quantitative estimate of drug-likeness (QED) is 0.315. The number of hydrogen-bond donors (Lipinski definition) is 2. The van der Waals surface area contributed by atoms with Gasteiger partial charge in [0.15, 0.2) is 6.29 Å². The average Bonchev–Trinajstić information content (AvgIpc) is 3.45. The van der Waals surface area contributed by atoms with Crippen LogP contribution >= 0.6 is 0 Å². The highest BCUT2D eigenvalue weighted by atomic mass is 16.7. The highest BCUT2D eigenvalue weighted by molar-refractivity contribution is 5.85. The van der Waals surface area contributed by atoms with Gasteiger partial charge in [-0.05, 0) is 94.0 Å². The monoisotopic (exact) mass is 532 g/mol. The number of aliphatic hydroxyl groups is 2. The second-order valence-electron chi connectivity index (χ2n) is 13.3. The van der Waals surface area contributed by atoms with Crippen LogP contribution in [0.15, 0.2) is 11.6 Å². The molecule has 8 nitrogen and oxygen atoms in total. The van der Waals surface area contributed by atoms with Gasteiger partial charge < -0.3 is 34.0 Å². The maximum absolute atomic E-state index is 13.0. The molecule has 0 aromatic rings. The lowest BCUT2D eigenvalue weighted by atomic mass is 9.43. The van der Waals surface area contributed by atoms with Crippen molar-refractivity contribution in [3.63, 3.8) is 0 Å². The van der Waals surface area contributed by atoms with Crippen molar-refractivity contribution >= 4 is 12.3 Å². The lowest BCUT2D eigenvalue weighted by Crippen LogP contribution is -2.63. The Hall–Kier alpha value is -1.32. The summed E-state index contributed by atoms with van der Waals surface area (Å²) < 4.78 is 23.1. The van der Waals surface area contributed by atoms with Gasteiger partial charge in [-0.15, -0.1) is 0 Å². The van der Waals surface area contributed by atoms with Gasteiger partial charge in [-0.25, -0.2) is 4.79 Å². The minimum Gasteiger partial charge on any atom is -0.458 e. The summed E-state index contributed by atoms with van der Waals surface area (Å²) in [7, 11) is 1.61. The van der Waals surface area contributed by atoms with Crippen molar-refractivity contribution in [2.75, 3.05) is 13.7 Å². The zero-order valence-electron chi connectivity index (χ0n) is 23.0. The van der Waals surface area contributed by atoms with Gasteiger partial charge in [0, 0.05) is 30.4 Å². The van der Waals surface area contributed by atoms with Gasteiger partial charge in [0.25, 0.3) is 0 Å². The summed E-state index contributed by atoms with van der Waals surface area (Å²) in [4.78, 5) is 24.8. The van der Waals surface area contributed by atoms with Crippen LogP contribution in [0.25, 0.3) is 0 Å². The molecule has 1 saturated heterocycles. The molecule has 12 atom stereocenters. The summed E-state index contributed by atoms with van der Waals surface area (Å²) in [5, 5.41) is 22.7. The first kappa shape index (κ1) is 26.9. The normalized spacial score (nSPS) is 52.4. The largest absolute Gasteiger partial charge is 0.458 e. The van der Waals surface area contributed by atoms with Crippen molar-refractivity contribution in [1.82, 2.24) is 0 Å². The van der Waals surface area contributed by atoms with E-state index < -0.39 is 23.4 Å². The zero-order valence-corrected chi connectivity index (χ0v) is 23.0. The predicted octanol–water partition coefficient (Wildman–Crippen LogP) is 3.32. The van der Waals surface area contributed by atoms with Crippen molar-refractivity contribution in [3.05, 3.63) is 11.6 Å². The molecule has 0 spiro atoms. The SMILES string of the molecule is CO[C@H]1CC(O[C@H]2CC[C@@]3(C=O)[C@H](CC[C@@H]4[C@@H]3CC[C@]3(C)[C@@H](C5=CC(=O)OC5)CC[C@]43O)C2)O[C@H](C)[C@H]1O. The highest BCUT2D eigenvalue weighted by Crippen LogP contribution is 2.69. The smallest absolute Gasteiger partial charge is 0.331 e. The molecule has 6 aliphatic rings. The second kappa shape index (κ2) is 9.65. The highest BCUT2D eigenvalue weighted by Gasteiger charge is 2.68. The van der Waals surface area contributed by atoms with Crippen LogP contribution in [0.4, 0.5) is 0 Å². The number of esters is 1. The van der Waals surface area contributed by atoms with E-state index in [2.05, 4.69) is 6.92 Å². The van der Waals surface area contributed by atoms with Gasteiger partial charge in [0.05, 0.1) is 23.9 Å². The summed E-state index contributed by atoms with van der Waals surface area (Å²) in [5.41, 5.74) is -0.521. The van der Waals surface area contributed by atoms with Crippen LogP contribution in [-0.4, -0.2) is 72.5 Å². The van der Waals surface area contributed by atoms with Crippen LogP contribution < -0.4 is 0 Å². The van der Waals surface area contributed by atoms with Gasteiger partial charge in [-0.2, -0.15) is 0 Å². The van der Waals surface area contributed by atoms with Crippen molar-refractivity contribution in [2.45, 2.75) is 114 Å². The number of cyclic esters (lactones) is 1. The number of aliphatic hydroxyl groups excluding tert-OH is 1. The van der Waals surface area contributed by atoms with Gasteiger partial charge in [0.1, 0.15) is 19.0 Å². The molecule has 4 aliphatic carbocycles. The van der Waals surface area contributed by atoms with E-state index in [9.17, 15) is 19.8 Å². The topological polar surface area (TPSA) is 112 Å². The molecular formula is C30H44O8.